The van der Waals surface area contributed by atoms with E-state index in [1.165, 1.54) is 55.9 Å². The lowest BCUT2D eigenvalue weighted by molar-refractivity contribution is 0.0969. The van der Waals surface area contributed by atoms with Crippen molar-refractivity contribution in [2.75, 3.05) is 7.11 Å². The van der Waals surface area contributed by atoms with E-state index in [0.717, 1.165) is 11.8 Å². The number of nitrogens with zero attached hydrogens (tertiary/aromatic N) is 1. The van der Waals surface area contributed by atoms with Crippen LogP contribution in [0.4, 0.5) is 0 Å². The fraction of sp³-hybridized carbons (Fsp3) is 0.0588. The number of benzene rings is 1. The molecular formula is C17H17N3O5S2. The Bertz CT molecular complexity index is 940. The van der Waals surface area contributed by atoms with Gasteiger partial charge in [0.2, 0.25) is 0 Å². The first kappa shape index (κ1) is 20.3. The van der Waals surface area contributed by atoms with Crippen LogP contribution in [0.2, 0.25) is 0 Å². The Kier molecular flexibility index (Phi) is 6.85. The summed E-state index contributed by atoms with van der Waals surface area (Å²) in [5.74, 6) is 0.0682. The number of ether oxygens (including phenoxy) is 1. The third kappa shape index (κ3) is 5.76. The number of pyridine rings is 1. The van der Waals surface area contributed by atoms with Crippen LogP contribution in [-0.2, 0) is 10.1 Å². The van der Waals surface area contributed by atoms with E-state index in [0.29, 0.717) is 16.3 Å². The molecule has 0 spiro atoms. The number of hydrogen-bond acceptors (Lipinski definition) is 8. The van der Waals surface area contributed by atoms with Crippen LogP contribution in [-0.4, -0.2) is 26.4 Å². The van der Waals surface area contributed by atoms with Crippen molar-refractivity contribution < 1.29 is 22.1 Å². The average Bonchev–Trinajstić information content (AvgIpc) is 2.66. The lowest BCUT2D eigenvalue weighted by Crippen LogP contribution is -2.20. The van der Waals surface area contributed by atoms with E-state index < -0.39 is 16.0 Å². The molecule has 0 aliphatic carbocycles. The summed E-state index contributed by atoms with van der Waals surface area (Å²) in [6, 6.07) is 8.32. The van der Waals surface area contributed by atoms with Crippen LogP contribution in [0, 0.1) is 0 Å². The van der Waals surface area contributed by atoms with Crippen LogP contribution in [0.15, 0.2) is 70.8 Å². The van der Waals surface area contributed by atoms with Crippen molar-refractivity contribution in [2.45, 2.75) is 5.03 Å². The zero-order valence-electron chi connectivity index (χ0n) is 14.3. The molecule has 0 fully saturated rings. The fourth-order valence-electron chi connectivity index (χ4n) is 1.82. The lowest BCUT2D eigenvalue weighted by Gasteiger charge is -2.08. The smallest absolute Gasteiger partial charge is 0.356 e. The van der Waals surface area contributed by atoms with Gasteiger partial charge in [-0.05, 0) is 41.8 Å². The van der Waals surface area contributed by atoms with Crippen molar-refractivity contribution in [2.24, 2.45) is 5.73 Å². The maximum atomic E-state index is 12.2. The van der Waals surface area contributed by atoms with Gasteiger partial charge >= 0.3 is 10.1 Å². The van der Waals surface area contributed by atoms with Gasteiger partial charge in [0.25, 0.3) is 5.91 Å². The van der Waals surface area contributed by atoms with Gasteiger partial charge in [-0.15, -0.1) is 0 Å². The second kappa shape index (κ2) is 9.10. The summed E-state index contributed by atoms with van der Waals surface area (Å²) in [6.45, 7) is 3.67. The Labute approximate surface area is 161 Å². The molecule has 0 saturated carbocycles. The number of rotatable bonds is 8. The fourth-order valence-corrected chi connectivity index (χ4v) is 3.08. The quantitative estimate of drug-likeness (QED) is 0.639. The van der Waals surface area contributed by atoms with E-state index in [9.17, 15) is 13.2 Å². The summed E-state index contributed by atoms with van der Waals surface area (Å²) in [6.07, 6.45) is 2.60. The molecule has 10 heteroatoms. The Morgan fingerprint density at radius 1 is 1.22 bits per heavy atom. The normalized spacial score (nSPS) is 11.1. The van der Waals surface area contributed by atoms with Gasteiger partial charge in [-0.25, -0.2) is 4.98 Å². The molecule has 1 amide bonds. The predicted molar refractivity (Wildman–Crippen MR) is 103 cm³/mol. The largest absolute Gasteiger partial charge is 0.495 e. The number of nitrogens with two attached hydrogens (primary N) is 1. The number of aromatic nitrogens is 1. The third-order valence-electron chi connectivity index (χ3n) is 3.07. The van der Waals surface area contributed by atoms with Gasteiger partial charge in [0, 0.05) is 11.8 Å². The first-order valence-corrected chi connectivity index (χ1v) is 9.73. The van der Waals surface area contributed by atoms with E-state index in [4.69, 9.17) is 14.7 Å². The zero-order chi connectivity index (χ0) is 19.9. The van der Waals surface area contributed by atoms with Crippen LogP contribution in [0.25, 0.3) is 0 Å². The first-order chi connectivity index (χ1) is 12.9. The van der Waals surface area contributed by atoms with Crippen LogP contribution in [0.1, 0.15) is 10.4 Å². The first-order valence-electron chi connectivity index (χ1n) is 7.44. The highest BCUT2D eigenvalue weighted by Crippen LogP contribution is 2.20. The number of thioether (sulfide) groups is 1. The molecular weight excluding hydrogens is 390 g/mol. The van der Waals surface area contributed by atoms with Crippen molar-refractivity contribution in [1.82, 2.24) is 10.3 Å². The number of carbonyl (C=O) groups is 1. The second-order valence-electron chi connectivity index (χ2n) is 4.92. The van der Waals surface area contributed by atoms with E-state index >= 15 is 0 Å². The van der Waals surface area contributed by atoms with Gasteiger partial charge in [0.1, 0.15) is 11.5 Å². The highest BCUT2D eigenvalue weighted by Gasteiger charge is 2.19. The summed E-state index contributed by atoms with van der Waals surface area (Å²) in [7, 11) is -2.66. The summed E-state index contributed by atoms with van der Waals surface area (Å²) in [5, 5.41) is 4.28. The lowest BCUT2D eigenvalue weighted by atomic mass is 10.2. The van der Waals surface area contributed by atoms with Crippen molar-refractivity contribution in [3.63, 3.8) is 0 Å². The second-order valence-corrected chi connectivity index (χ2v) is 7.42. The standard InChI is InChI=1S/C17H17N3O5S2/c1-12(26-10-9-18)20-17(21)13-3-5-14(6-4-13)25-27(22,23)16-8-7-15(24-2)11-19-16/h3-11H,1,18H2,2H3,(H,20,21)/b10-9-. The number of amides is 1. The van der Waals surface area contributed by atoms with Crippen LogP contribution in [0.5, 0.6) is 11.5 Å². The summed E-state index contributed by atoms with van der Waals surface area (Å²) in [4.78, 5) is 15.9. The molecule has 0 aliphatic heterocycles. The molecule has 2 rings (SSSR count). The van der Waals surface area contributed by atoms with Crippen molar-refractivity contribution >= 4 is 27.8 Å². The molecule has 0 aliphatic rings. The Hall–Kier alpha value is -2.98. The Morgan fingerprint density at radius 2 is 1.89 bits per heavy atom. The summed E-state index contributed by atoms with van der Waals surface area (Å²) >= 11 is 1.16. The molecule has 8 nitrogen and oxygen atoms in total. The maximum Gasteiger partial charge on any atom is 0.356 e. The average molecular weight is 407 g/mol. The molecule has 0 bridgehead atoms. The summed E-state index contributed by atoms with van der Waals surface area (Å²) < 4.78 is 34.4. The predicted octanol–water partition coefficient (Wildman–Crippen LogP) is 2.22. The van der Waals surface area contributed by atoms with Gasteiger partial charge < -0.3 is 20.0 Å². The number of nitrogens with one attached hydrogen (secondary N) is 1. The SMILES string of the molecule is C=C(NC(=O)c1ccc(OS(=O)(=O)c2ccc(OC)cn2)cc1)S/C=C\N. The molecule has 1 aromatic carbocycles. The van der Waals surface area contributed by atoms with Crippen LogP contribution in [0.3, 0.4) is 0 Å². The molecule has 2 aromatic rings. The molecule has 0 saturated heterocycles. The van der Waals surface area contributed by atoms with Gasteiger partial charge in [0.15, 0.2) is 5.03 Å². The van der Waals surface area contributed by atoms with Crippen LogP contribution < -0.4 is 20.0 Å². The molecule has 0 unspecified atom stereocenters. The van der Waals surface area contributed by atoms with E-state index in [2.05, 4.69) is 16.9 Å². The number of hydrogen-bond donors (Lipinski definition) is 2. The van der Waals surface area contributed by atoms with Crippen molar-refractivity contribution in [1.29, 1.82) is 0 Å². The van der Waals surface area contributed by atoms with Gasteiger partial charge in [-0.1, -0.05) is 18.3 Å². The minimum Gasteiger partial charge on any atom is -0.495 e. The summed E-state index contributed by atoms with van der Waals surface area (Å²) in [5.41, 5.74) is 5.52. The number of carbonyl (C=O) groups excluding carboxylic acids is 1. The molecule has 27 heavy (non-hydrogen) atoms. The molecule has 0 atom stereocenters. The minimum absolute atomic E-state index is 0.0448. The van der Waals surface area contributed by atoms with Crippen LogP contribution >= 0.6 is 11.8 Å². The van der Waals surface area contributed by atoms with E-state index in [1.807, 2.05) is 0 Å². The highest BCUT2D eigenvalue weighted by atomic mass is 32.2. The molecule has 1 heterocycles. The van der Waals surface area contributed by atoms with Crippen molar-refractivity contribution in [3.8, 4) is 11.5 Å². The number of methoxy groups -OCH3 is 1. The molecule has 1 aromatic heterocycles. The maximum absolute atomic E-state index is 12.2. The molecule has 142 valence electrons. The topological polar surface area (TPSA) is 121 Å². The van der Waals surface area contributed by atoms with Gasteiger partial charge in [-0.3, -0.25) is 4.79 Å². The highest BCUT2D eigenvalue weighted by molar-refractivity contribution is 8.05. The Morgan fingerprint density at radius 3 is 2.44 bits per heavy atom. The Balaban J connectivity index is 2.05. The zero-order valence-corrected chi connectivity index (χ0v) is 15.9. The van der Waals surface area contributed by atoms with Crippen molar-refractivity contribution in [3.05, 3.63) is 71.4 Å². The van der Waals surface area contributed by atoms with E-state index in [1.54, 1.807) is 5.41 Å². The third-order valence-corrected chi connectivity index (χ3v) is 4.91. The van der Waals surface area contributed by atoms with Gasteiger partial charge in [0.05, 0.1) is 18.3 Å². The monoisotopic (exact) mass is 407 g/mol. The molecule has 3 N–H and O–H groups in total. The van der Waals surface area contributed by atoms with Gasteiger partial charge in [-0.2, -0.15) is 8.42 Å². The molecule has 0 radical (unpaired) electrons. The van der Waals surface area contributed by atoms with E-state index in [-0.39, 0.29) is 10.8 Å². The minimum atomic E-state index is -4.10.